The van der Waals surface area contributed by atoms with Crippen molar-refractivity contribution in [3.63, 3.8) is 0 Å². The van der Waals surface area contributed by atoms with Gasteiger partial charge in [0, 0.05) is 11.6 Å². The Labute approximate surface area is 204 Å². The molecule has 2 bridgehead atoms. The third kappa shape index (κ3) is 3.59. The van der Waals surface area contributed by atoms with E-state index < -0.39 is 0 Å². The van der Waals surface area contributed by atoms with E-state index in [2.05, 4.69) is 13.0 Å². The summed E-state index contributed by atoms with van der Waals surface area (Å²) in [5, 5.41) is 0. The fourth-order valence-corrected chi connectivity index (χ4v) is 5.95. The van der Waals surface area contributed by atoms with Gasteiger partial charge in [-0.25, -0.2) is 4.90 Å². The highest BCUT2D eigenvalue weighted by Crippen LogP contribution is 2.56. The third-order valence-corrected chi connectivity index (χ3v) is 7.64. The van der Waals surface area contributed by atoms with E-state index in [0.29, 0.717) is 17.0 Å². The fraction of sp³-hybridized carbons (Fsp3) is 0.233. The number of amides is 2. The van der Waals surface area contributed by atoms with E-state index in [4.69, 9.17) is 4.74 Å². The lowest BCUT2D eigenvalue weighted by atomic mass is 9.82. The number of Topliss-reactive ketones (excluding diaryl/α,β-unsaturated/α-hetero) is 1. The summed E-state index contributed by atoms with van der Waals surface area (Å²) in [6.07, 6.45) is 3.07. The molecule has 5 nitrogen and oxygen atoms in total. The molecule has 4 atom stereocenters. The second-order valence-corrected chi connectivity index (χ2v) is 9.63. The average Bonchev–Trinajstić information content (AvgIpc) is 3.53. The zero-order chi connectivity index (χ0) is 24.1. The highest BCUT2D eigenvalue weighted by molar-refractivity contribution is 6.23. The van der Waals surface area contributed by atoms with Gasteiger partial charge in [0.2, 0.25) is 11.8 Å². The first-order valence-electron chi connectivity index (χ1n) is 12.0. The first-order chi connectivity index (χ1) is 17.0. The van der Waals surface area contributed by atoms with Crippen LogP contribution in [0, 0.1) is 23.7 Å². The van der Waals surface area contributed by atoms with Crippen LogP contribution in [-0.4, -0.2) is 24.2 Å². The summed E-state index contributed by atoms with van der Waals surface area (Å²) in [5.74, 6) is -0.0883. The maximum Gasteiger partial charge on any atom is 0.238 e. The molecule has 1 saturated carbocycles. The number of imide groups is 1. The van der Waals surface area contributed by atoms with Crippen LogP contribution in [0.5, 0.6) is 5.75 Å². The minimum atomic E-state index is -0.249. The lowest BCUT2D eigenvalue weighted by Gasteiger charge is -2.19. The fourth-order valence-electron chi connectivity index (χ4n) is 5.95. The lowest BCUT2D eigenvalue weighted by Crippen LogP contribution is -2.32. The van der Waals surface area contributed by atoms with Crippen LogP contribution in [0.2, 0.25) is 0 Å². The Morgan fingerprint density at radius 3 is 2.37 bits per heavy atom. The number of hydrogen-bond donors (Lipinski definition) is 0. The molecule has 2 aliphatic carbocycles. The van der Waals surface area contributed by atoms with Gasteiger partial charge in [-0.05, 0) is 48.4 Å². The molecule has 0 unspecified atom stereocenters. The Morgan fingerprint density at radius 1 is 0.886 bits per heavy atom. The van der Waals surface area contributed by atoms with Crippen LogP contribution in [0.25, 0.3) is 11.1 Å². The predicted octanol–water partition coefficient (Wildman–Crippen LogP) is 5.32. The molecular formula is C30H25NO4. The Kier molecular flexibility index (Phi) is 5.14. The van der Waals surface area contributed by atoms with Crippen LogP contribution in [0.15, 0.2) is 90.5 Å². The summed E-state index contributed by atoms with van der Waals surface area (Å²) < 4.78 is 5.76. The minimum absolute atomic E-state index is 0.119. The molecule has 3 aliphatic rings. The summed E-state index contributed by atoms with van der Waals surface area (Å²) in [6, 6.07) is 24.3. The number of nitrogens with zero attached hydrogens (tertiary/aromatic N) is 1. The van der Waals surface area contributed by atoms with Gasteiger partial charge in [-0.15, -0.1) is 0 Å². The second kappa shape index (κ2) is 8.35. The van der Waals surface area contributed by atoms with Crippen molar-refractivity contribution in [2.45, 2.75) is 13.3 Å². The Bertz CT molecular complexity index is 1360. The van der Waals surface area contributed by atoms with Gasteiger partial charge in [0.25, 0.3) is 0 Å². The maximum atomic E-state index is 13.2. The summed E-state index contributed by atoms with van der Waals surface area (Å²) in [4.78, 5) is 40.4. The van der Waals surface area contributed by atoms with Crippen molar-refractivity contribution in [1.82, 2.24) is 0 Å². The number of carbonyl (C=O) groups is 3. The number of anilines is 1. The largest absolute Gasteiger partial charge is 0.485 e. The van der Waals surface area contributed by atoms with Crippen molar-refractivity contribution in [3.8, 4) is 16.9 Å². The molecule has 0 spiro atoms. The van der Waals surface area contributed by atoms with Gasteiger partial charge in [-0.2, -0.15) is 0 Å². The quantitative estimate of drug-likeness (QED) is 0.282. The number of ether oxygens (including phenoxy) is 1. The number of rotatable bonds is 6. The Morgan fingerprint density at radius 2 is 1.60 bits per heavy atom. The van der Waals surface area contributed by atoms with Crippen LogP contribution in [-0.2, 0) is 9.59 Å². The smallest absolute Gasteiger partial charge is 0.238 e. The molecule has 3 aromatic rings. The molecule has 5 heteroatoms. The van der Waals surface area contributed by atoms with Crippen LogP contribution >= 0.6 is 0 Å². The lowest BCUT2D eigenvalue weighted by molar-refractivity contribution is -0.123. The van der Waals surface area contributed by atoms with E-state index in [1.807, 2.05) is 42.5 Å². The van der Waals surface area contributed by atoms with Gasteiger partial charge >= 0.3 is 0 Å². The molecule has 2 fully saturated rings. The van der Waals surface area contributed by atoms with Gasteiger partial charge < -0.3 is 4.74 Å². The molecule has 0 N–H and O–H groups in total. The van der Waals surface area contributed by atoms with Crippen LogP contribution in [0.3, 0.4) is 0 Å². The maximum absolute atomic E-state index is 13.2. The third-order valence-electron chi connectivity index (χ3n) is 7.64. The molecule has 35 heavy (non-hydrogen) atoms. The standard InChI is InChI=1S/C30H25NO4/c1-18-14-22-15-25(18)28-27(22)29(33)31(30(28)34)23-8-5-9-24(16-23)35-17-26(32)21-12-10-20(11-13-21)19-6-3-2-4-7-19/h2-14,16,22,25,27-28H,15,17H2,1H3/t22-,25+,27-,28-/m0/s1. The Hall–Kier alpha value is -3.99. The van der Waals surface area contributed by atoms with Gasteiger partial charge in [0.05, 0.1) is 17.5 Å². The van der Waals surface area contributed by atoms with E-state index in [-0.39, 0.29) is 47.9 Å². The molecule has 1 saturated heterocycles. The highest BCUT2D eigenvalue weighted by atomic mass is 16.5. The topological polar surface area (TPSA) is 63.7 Å². The van der Waals surface area contributed by atoms with Gasteiger partial charge in [0.15, 0.2) is 12.4 Å². The number of allylic oxidation sites excluding steroid dienone is 2. The summed E-state index contributed by atoms with van der Waals surface area (Å²) in [5.41, 5.74) is 4.43. The minimum Gasteiger partial charge on any atom is -0.485 e. The van der Waals surface area contributed by atoms with Crippen molar-refractivity contribution >= 4 is 23.3 Å². The van der Waals surface area contributed by atoms with E-state index in [1.165, 1.54) is 10.5 Å². The van der Waals surface area contributed by atoms with Crippen molar-refractivity contribution < 1.29 is 19.1 Å². The summed E-state index contributed by atoms with van der Waals surface area (Å²) in [7, 11) is 0. The van der Waals surface area contributed by atoms with Gasteiger partial charge in [-0.3, -0.25) is 14.4 Å². The summed E-state index contributed by atoms with van der Waals surface area (Å²) in [6.45, 7) is 1.93. The van der Waals surface area contributed by atoms with E-state index in [1.54, 1.807) is 36.4 Å². The number of ketones is 1. The van der Waals surface area contributed by atoms with E-state index >= 15 is 0 Å². The van der Waals surface area contributed by atoms with Gasteiger partial charge in [-0.1, -0.05) is 72.3 Å². The highest BCUT2D eigenvalue weighted by Gasteiger charge is 2.60. The number of carbonyl (C=O) groups excluding carboxylic acids is 3. The van der Waals surface area contributed by atoms with Crippen molar-refractivity contribution in [2.24, 2.45) is 23.7 Å². The molecule has 0 radical (unpaired) electrons. The molecular weight excluding hydrogens is 438 g/mol. The number of benzene rings is 3. The molecule has 174 valence electrons. The second-order valence-electron chi connectivity index (χ2n) is 9.63. The van der Waals surface area contributed by atoms with Crippen LogP contribution in [0.1, 0.15) is 23.7 Å². The van der Waals surface area contributed by atoms with Crippen molar-refractivity contribution in [3.05, 3.63) is 96.1 Å². The molecule has 3 aromatic carbocycles. The molecule has 2 amide bonds. The molecule has 6 rings (SSSR count). The predicted molar refractivity (Wildman–Crippen MR) is 133 cm³/mol. The van der Waals surface area contributed by atoms with E-state index in [9.17, 15) is 14.4 Å². The SMILES string of the molecule is CC1=C[C@H]2C[C@H]1[C@@H]1C(=O)N(c3cccc(OCC(=O)c4ccc(-c5ccccc5)cc4)c3)C(=O)[C@H]12. The monoisotopic (exact) mass is 463 g/mol. The molecule has 0 aromatic heterocycles. The first kappa shape index (κ1) is 21.5. The molecule has 1 heterocycles. The normalized spacial score (nSPS) is 24.5. The average molecular weight is 464 g/mol. The zero-order valence-electron chi connectivity index (χ0n) is 19.4. The Balaban J connectivity index is 1.14. The van der Waals surface area contributed by atoms with Gasteiger partial charge in [0.1, 0.15) is 5.75 Å². The van der Waals surface area contributed by atoms with Crippen LogP contribution < -0.4 is 9.64 Å². The number of fused-ring (bicyclic) bond motifs is 5. The summed E-state index contributed by atoms with van der Waals surface area (Å²) >= 11 is 0. The number of hydrogen-bond acceptors (Lipinski definition) is 4. The zero-order valence-corrected chi connectivity index (χ0v) is 19.4. The van der Waals surface area contributed by atoms with E-state index in [0.717, 1.165) is 17.5 Å². The van der Waals surface area contributed by atoms with Crippen molar-refractivity contribution in [2.75, 3.05) is 11.5 Å². The molecule has 1 aliphatic heterocycles. The first-order valence-corrected chi connectivity index (χ1v) is 12.0. The van der Waals surface area contributed by atoms with Crippen LogP contribution in [0.4, 0.5) is 5.69 Å². The van der Waals surface area contributed by atoms with Crippen molar-refractivity contribution in [1.29, 1.82) is 0 Å².